The third-order valence-corrected chi connectivity index (χ3v) is 5.13. The second-order valence-corrected chi connectivity index (χ2v) is 7.21. The Labute approximate surface area is 131 Å². The predicted molar refractivity (Wildman–Crippen MR) is 89.5 cm³/mol. The van der Waals surface area contributed by atoms with Crippen LogP contribution in [0.1, 0.15) is 52.4 Å². The van der Waals surface area contributed by atoms with Gasteiger partial charge in [-0.3, -0.25) is 4.90 Å². The summed E-state index contributed by atoms with van der Waals surface area (Å²) in [5.41, 5.74) is 1.39. The molecule has 1 unspecified atom stereocenters. The first-order valence-electron chi connectivity index (χ1n) is 8.89. The summed E-state index contributed by atoms with van der Waals surface area (Å²) in [6.45, 7) is 10.5. The average molecular weight is 294 g/mol. The molecule has 1 atom stereocenters. The number of rotatable bonds is 6. The van der Waals surface area contributed by atoms with Gasteiger partial charge in [0.1, 0.15) is 0 Å². The fourth-order valence-electron chi connectivity index (χ4n) is 3.82. The summed E-state index contributed by atoms with van der Waals surface area (Å²) in [7, 11) is 0. The summed E-state index contributed by atoms with van der Waals surface area (Å²) in [6, 6.07) is 0.531. The minimum absolute atomic E-state index is 0.313. The van der Waals surface area contributed by atoms with E-state index >= 15 is 0 Å². The van der Waals surface area contributed by atoms with Gasteiger partial charge in [-0.25, -0.2) is 0 Å². The van der Waals surface area contributed by atoms with E-state index in [-0.39, 0.29) is 0 Å². The van der Waals surface area contributed by atoms with Crippen LogP contribution < -0.4 is 0 Å². The zero-order chi connectivity index (χ0) is 15.1. The molecule has 2 fully saturated rings. The first-order valence-corrected chi connectivity index (χ1v) is 8.89. The maximum Gasteiger partial charge on any atom is 0.0446 e. The number of hydrogen-bond acceptors (Lipinski definition) is 3. The molecule has 2 rings (SSSR count). The van der Waals surface area contributed by atoms with Gasteiger partial charge in [-0.1, -0.05) is 30.9 Å². The zero-order valence-electron chi connectivity index (χ0n) is 14.1. The molecular formula is C18H34N2O. The van der Waals surface area contributed by atoms with E-state index in [0.717, 1.165) is 32.0 Å². The SMILES string of the molecule is CC(C)=CCN1CCN(CC2CCCCC2)CC1CCO. The van der Waals surface area contributed by atoms with Gasteiger partial charge < -0.3 is 10.0 Å². The minimum atomic E-state index is 0.313. The van der Waals surface area contributed by atoms with E-state index < -0.39 is 0 Å². The lowest BCUT2D eigenvalue weighted by Crippen LogP contribution is -2.54. The molecule has 3 heteroatoms. The monoisotopic (exact) mass is 294 g/mol. The molecule has 0 bridgehead atoms. The van der Waals surface area contributed by atoms with Crippen LogP contribution in [0.15, 0.2) is 11.6 Å². The largest absolute Gasteiger partial charge is 0.396 e. The topological polar surface area (TPSA) is 26.7 Å². The van der Waals surface area contributed by atoms with Gasteiger partial charge in [-0.15, -0.1) is 0 Å². The van der Waals surface area contributed by atoms with Gasteiger partial charge in [0.15, 0.2) is 0 Å². The second-order valence-electron chi connectivity index (χ2n) is 7.21. The van der Waals surface area contributed by atoms with Crippen LogP contribution in [0.2, 0.25) is 0 Å². The number of nitrogens with zero attached hydrogens (tertiary/aromatic N) is 2. The Hall–Kier alpha value is -0.380. The molecule has 1 N–H and O–H groups in total. The molecule has 3 nitrogen and oxygen atoms in total. The van der Waals surface area contributed by atoms with Gasteiger partial charge in [0.05, 0.1) is 0 Å². The molecular weight excluding hydrogens is 260 g/mol. The quantitative estimate of drug-likeness (QED) is 0.763. The third kappa shape index (κ3) is 5.72. The summed E-state index contributed by atoms with van der Waals surface area (Å²) in [5.74, 6) is 0.929. The molecule has 122 valence electrons. The normalized spacial score (nSPS) is 26.0. The van der Waals surface area contributed by atoms with Crippen molar-refractivity contribution in [3.63, 3.8) is 0 Å². The maximum atomic E-state index is 9.36. The molecule has 0 aromatic carbocycles. The van der Waals surface area contributed by atoms with E-state index in [1.165, 1.54) is 50.8 Å². The van der Waals surface area contributed by atoms with Crippen molar-refractivity contribution in [3.05, 3.63) is 11.6 Å². The van der Waals surface area contributed by atoms with Crippen molar-refractivity contribution >= 4 is 0 Å². The van der Waals surface area contributed by atoms with Gasteiger partial charge in [0, 0.05) is 45.4 Å². The lowest BCUT2D eigenvalue weighted by Gasteiger charge is -2.42. The number of hydrogen-bond donors (Lipinski definition) is 1. The Morgan fingerprint density at radius 1 is 1.14 bits per heavy atom. The smallest absolute Gasteiger partial charge is 0.0446 e. The van der Waals surface area contributed by atoms with Crippen molar-refractivity contribution in [2.45, 2.75) is 58.4 Å². The Morgan fingerprint density at radius 2 is 1.90 bits per heavy atom. The molecule has 2 aliphatic rings. The van der Waals surface area contributed by atoms with Crippen molar-refractivity contribution in [3.8, 4) is 0 Å². The summed E-state index contributed by atoms with van der Waals surface area (Å²) >= 11 is 0. The van der Waals surface area contributed by atoms with E-state index in [2.05, 4.69) is 29.7 Å². The summed E-state index contributed by atoms with van der Waals surface area (Å²) in [4.78, 5) is 5.22. The lowest BCUT2D eigenvalue weighted by molar-refractivity contribution is 0.0550. The molecule has 1 saturated carbocycles. The van der Waals surface area contributed by atoms with Crippen molar-refractivity contribution in [1.82, 2.24) is 9.80 Å². The minimum Gasteiger partial charge on any atom is -0.396 e. The molecule has 0 spiro atoms. The van der Waals surface area contributed by atoms with Crippen molar-refractivity contribution in [2.75, 3.05) is 39.3 Å². The first-order chi connectivity index (χ1) is 10.2. The second kappa shape index (κ2) is 8.92. The molecule has 0 aromatic heterocycles. The molecule has 1 heterocycles. The predicted octanol–water partition coefficient (Wildman–Crippen LogP) is 2.90. The zero-order valence-corrected chi connectivity index (χ0v) is 14.1. The standard InChI is InChI=1S/C18H34N2O/c1-16(2)8-10-20-12-11-19(15-18(20)9-13-21)14-17-6-4-3-5-7-17/h8,17-18,21H,3-7,9-15H2,1-2H3. The van der Waals surface area contributed by atoms with Crippen LogP contribution in [0.25, 0.3) is 0 Å². The van der Waals surface area contributed by atoms with E-state index in [4.69, 9.17) is 0 Å². The van der Waals surface area contributed by atoms with Crippen molar-refractivity contribution in [1.29, 1.82) is 0 Å². The van der Waals surface area contributed by atoms with E-state index in [0.29, 0.717) is 12.6 Å². The summed E-state index contributed by atoms with van der Waals surface area (Å²) in [5, 5.41) is 9.36. The summed E-state index contributed by atoms with van der Waals surface area (Å²) in [6.07, 6.45) is 10.4. The number of aliphatic hydroxyl groups is 1. The van der Waals surface area contributed by atoms with Crippen LogP contribution in [0, 0.1) is 5.92 Å². The molecule has 0 amide bonds. The molecule has 21 heavy (non-hydrogen) atoms. The Balaban J connectivity index is 1.83. The van der Waals surface area contributed by atoms with E-state index in [1.54, 1.807) is 0 Å². The van der Waals surface area contributed by atoms with Gasteiger partial charge in [0.25, 0.3) is 0 Å². The highest BCUT2D eigenvalue weighted by Crippen LogP contribution is 2.25. The molecule has 1 aliphatic heterocycles. The lowest BCUT2D eigenvalue weighted by atomic mass is 9.88. The number of piperazine rings is 1. The Kier molecular flexibility index (Phi) is 7.21. The highest BCUT2D eigenvalue weighted by molar-refractivity contribution is 4.97. The van der Waals surface area contributed by atoms with E-state index in [1.807, 2.05) is 0 Å². The van der Waals surface area contributed by atoms with Crippen LogP contribution in [-0.2, 0) is 0 Å². The first kappa shape index (κ1) is 17.0. The van der Waals surface area contributed by atoms with Crippen LogP contribution in [-0.4, -0.2) is 60.3 Å². The van der Waals surface area contributed by atoms with Crippen molar-refractivity contribution < 1.29 is 5.11 Å². The highest BCUT2D eigenvalue weighted by atomic mass is 16.3. The fraction of sp³-hybridized carbons (Fsp3) is 0.889. The Bertz CT molecular complexity index is 319. The number of allylic oxidation sites excluding steroid dienone is 1. The van der Waals surface area contributed by atoms with Crippen molar-refractivity contribution in [2.24, 2.45) is 5.92 Å². The Morgan fingerprint density at radius 3 is 2.57 bits per heavy atom. The van der Waals surface area contributed by atoms with Crippen LogP contribution in [0.5, 0.6) is 0 Å². The molecule has 0 aromatic rings. The molecule has 1 saturated heterocycles. The molecule has 1 aliphatic carbocycles. The van der Waals surface area contributed by atoms with Crippen LogP contribution >= 0.6 is 0 Å². The maximum absolute atomic E-state index is 9.36. The van der Waals surface area contributed by atoms with Crippen LogP contribution in [0.4, 0.5) is 0 Å². The molecule has 0 radical (unpaired) electrons. The van der Waals surface area contributed by atoms with Gasteiger partial charge in [-0.05, 0) is 39.0 Å². The van der Waals surface area contributed by atoms with Gasteiger partial charge in [0.2, 0.25) is 0 Å². The van der Waals surface area contributed by atoms with Gasteiger partial charge in [-0.2, -0.15) is 0 Å². The van der Waals surface area contributed by atoms with E-state index in [9.17, 15) is 5.11 Å². The highest BCUT2D eigenvalue weighted by Gasteiger charge is 2.27. The number of aliphatic hydroxyl groups excluding tert-OH is 1. The average Bonchev–Trinajstić information content (AvgIpc) is 2.48. The summed E-state index contributed by atoms with van der Waals surface area (Å²) < 4.78 is 0. The fourth-order valence-corrected chi connectivity index (χ4v) is 3.82. The van der Waals surface area contributed by atoms with Gasteiger partial charge >= 0.3 is 0 Å². The third-order valence-electron chi connectivity index (χ3n) is 5.13. The van der Waals surface area contributed by atoms with Crippen LogP contribution in [0.3, 0.4) is 0 Å².